The summed E-state index contributed by atoms with van der Waals surface area (Å²) in [6.07, 6.45) is 1.52. The molecule has 0 spiro atoms. The lowest BCUT2D eigenvalue weighted by Gasteiger charge is -2.28. The Morgan fingerprint density at radius 3 is 2.62 bits per heavy atom. The fourth-order valence-corrected chi connectivity index (χ4v) is 4.21. The Hall–Kier alpha value is -3.56. The zero-order valence-corrected chi connectivity index (χ0v) is 20.2. The van der Waals surface area contributed by atoms with Crippen LogP contribution in [-0.2, 0) is 16.1 Å². The van der Waals surface area contributed by atoms with E-state index in [0.717, 1.165) is 6.42 Å². The summed E-state index contributed by atoms with van der Waals surface area (Å²) in [5, 5.41) is 0. The molecule has 0 aliphatic carbocycles. The fourth-order valence-electron chi connectivity index (χ4n) is 4.21. The van der Waals surface area contributed by atoms with Crippen LogP contribution in [0, 0.1) is 11.8 Å². The number of H-pyrrole nitrogens is 1. The third-order valence-corrected chi connectivity index (χ3v) is 5.88. The van der Waals surface area contributed by atoms with Gasteiger partial charge in [0, 0.05) is 26.1 Å². The van der Waals surface area contributed by atoms with Crippen molar-refractivity contribution in [2.75, 3.05) is 35.7 Å². The first-order valence-corrected chi connectivity index (χ1v) is 11.6. The highest BCUT2D eigenvalue weighted by atomic mass is 16.5. The molecule has 0 bridgehead atoms. The van der Waals surface area contributed by atoms with Crippen molar-refractivity contribution in [3.63, 3.8) is 0 Å². The van der Waals surface area contributed by atoms with Crippen molar-refractivity contribution in [1.29, 1.82) is 0 Å². The third-order valence-electron chi connectivity index (χ3n) is 5.88. The van der Waals surface area contributed by atoms with Gasteiger partial charge in [0.25, 0.3) is 5.56 Å². The van der Waals surface area contributed by atoms with Gasteiger partial charge in [-0.2, -0.15) is 0 Å². The van der Waals surface area contributed by atoms with Gasteiger partial charge >= 0.3 is 5.69 Å². The van der Waals surface area contributed by atoms with Gasteiger partial charge in [0.05, 0.1) is 18.7 Å². The van der Waals surface area contributed by atoms with E-state index in [1.54, 1.807) is 24.3 Å². The summed E-state index contributed by atoms with van der Waals surface area (Å²) in [6, 6.07) is 7.12. The Morgan fingerprint density at radius 2 is 1.97 bits per heavy atom. The van der Waals surface area contributed by atoms with Crippen molar-refractivity contribution < 1.29 is 14.3 Å². The van der Waals surface area contributed by atoms with E-state index in [4.69, 9.17) is 10.5 Å². The summed E-state index contributed by atoms with van der Waals surface area (Å²) in [5.41, 5.74) is 5.51. The van der Waals surface area contributed by atoms with Crippen LogP contribution in [0.15, 0.2) is 33.9 Å². The number of rotatable bonds is 9. The number of amides is 2. The van der Waals surface area contributed by atoms with E-state index in [2.05, 4.69) is 4.98 Å². The molecule has 184 valence electrons. The number of hydrogen-bond acceptors (Lipinski definition) is 6. The number of carbonyl (C=O) groups is 2. The molecule has 3 N–H and O–H groups in total. The number of carbonyl (C=O) groups excluding carboxylic acids is 2. The number of para-hydroxylation sites is 2. The Bertz CT molecular complexity index is 1170. The van der Waals surface area contributed by atoms with E-state index in [1.807, 2.05) is 20.8 Å². The maximum Gasteiger partial charge on any atom is 0.330 e. The summed E-state index contributed by atoms with van der Waals surface area (Å²) < 4.78 is 6.67. The number of anilines is 3. The molecule has 1 fully saturated rings. The number of hydrogen-bond donors (Lipinski definition) is 2. The van der Waals surface area contributed by atoms with Gasteiger partial charge < -0.3 is 20.3 Å². The lowest BCUT2D eigenvalue weighted by Crippen LogP contribution is -2.45. The molecule has 1 aromatic carbocycles. The van der Waals surface area contributed by atoms with Crippen molar-refractivity contribution in [2.45, 2.75) is 46.6 Å². The van der Waals surface area contributed by atoms with Gasteiger partial charge in [0.2, 0.25) is 11.8 Å². The Kier molecular flexibility index (Phi) is 7.80. The Morgan fingerprint density at radius 1 is 1.26 bits per heavy atom. The summed E-state index contributed by atoms with van der Waals surface area (Å²) in [4.78, 5) is 56.9. The van der Waals surface area contributed by atoms with Gasteiger partial charge in [-0.1, -0.05) is 39.3 Å². The van der Waals surface area contributed by atoms with Crippen molar-refractivity contribution in [2.24, 2.45) is 11.8 Å². The minimum Gasteiger partial charge on any atom is -0.495 e. The van der Waals surface area contributed by atoms with Gasteiger partial charge in [-0.05, 0) is 24.5 Å². The normalized spacial score (nSPS) is 15.7. The molecule has 2 amide bonds. The molecule has 10 nitrogen and oxygen atoms in total. The second-order valence-electron chi connectivity index (χ2n) is 8.92. The molecule has 3 rings (SSSR count). The minimum absolute atomic E-state index is 0.00123. The highest BCUT2D eigenvalue weighted by Gasteiger charge is 2.39. The minimum atomic E-state index is -0.713. The number of benzene rings is 1. The van der Waals surface area contributed by atoms with Gasteiger partial charge in [0.1, 0.15) is 11.6 Å². The van der Waals surface area contributed by atoms with Crippen LogP contribution in [0.1, 0.15) is 40.0 Å². The van der Waals surface area contributed by atoms with Gasteiger partial charge in [-0.25, -0.2) is 4.79 Å². The molecule has 34 heavy (non-hydrogen) atoms. The standard InChI is InChI=1S/C24H33N5O5/c1-5-6-11-27-21(25)20(22(31)26-24(27)33)29(13-15(2)3)23(32)16-12-19(30)28(14-16)17-9-7-8-10-18(17)34-4/h7-10,15-16H,5-6,11-14,25H2,1-4H3,(H,26,31,33). The third kappa shape index (κ3) is 5.00. The van der Waals surface area contributed by atoms with Gasteiger partial charge in [-0.15, -0.1) is 0 Å². The van der Waals surface area contributed by atoms with E-state index >= 15 is 0 Å². The van der Waals surface area contributed by atoms with Crippen molar-refractivity contribution in [3.05, 3.63) is 45.1 Å². The number of ether oxygens (including phenoxy) is 1. The fraction of sp³-hybridized carbons (Fsp3) is 0.500. The van der Waals surface area contributed by atoms with Crippen molar-refractivity contribution >= 4 is 29.0 Å². The molecular weight excluding hydrogens is 438 g/mol. The number of methoxy groups -OCH3 is 1. The number of nitrogens with zero attached hydrogens (tertiary/aromatic N) is 3. The van der Waals surface area contributed by atoms with Crippen LogP contribution in [0.3, 0.4) is 0 Å². The van der Waals surface area contributed by atoms with Crippen LogP contribution < -0.4 is 31.5 Å². The maximum absolute atomic E-state index is 13.7. The monoisotopic (exact) mass is 471 g/mol. The summed E-state index contributed by atoms with van der Waals surface area (Å²) >= 11 is 0. The zero-order chi connectivity index (χ0) is 25.0. The van der Waals surface area contributed by atoms with E-state index in [1.165, 1.54) is 21.5 Å². The quantitative estimate of drug-likeness (QED) is 0.575. The Labute approximate surface area is 198 Å². The second-order valence-corrected chi connectivity index (χ2v) is 8.92. The first kappa shape index (κ1) is 25.1. The summed E-state index contributed by atoms with van der Waals surface area (Å²) in [6.45, 7) is 6.51. The van der Waals surface area contributed by atoms with Gasteiger partial charge in [0.15, 0.2) is 5.69 Å². The van der Waals surface area contributed by atoms with Crippen LogP contribution in [0.4, 0.5) is 17.2 Å². The first-order valence-electron chi connectivity index (χ1n) is 11.6. The van der Waals surface area contributed by atoms with Gasteiger partial charge in [-0.3, -0.25) is 23.9 Å². The molecule has 2 aromatic rings. The molecule has 0 radical (unpaired) electrons. The molecule has 1 saturated heterocycles. The topological polar surface area (TPSA) is 131 Å². The number of unbranched alkanes of at least 4 members (excludes halogenated alkanes) is 1. The van der Waals surface area contributed by atoms with E-state index in [9.17, 15) is 19.2 Å². The van der Waals surface area contributed by atoms with Crippen molar-refractivity contribution in [1.82, 2.24) is 9.55 Å². The molecule has 2 heterocycles. The molecule has 1 aliphatic heterocycles. The largest absolute Gasteiger partial charge is 0.495 e. The highest BCUT2D eigenvalue weighted by molar-refractivity contribution is 6.05. The SMILES string of the molecule is CCCCn1c(N)c(N(CC(C)C)C(=O)C2CC(=O)N(c3ccccc3OC)C2)c(=O)[nH]c1=O. The Balaban J connectivity index is 1.98. The number of nitrogen functional groups attached to an aromatic ring is 1. The van der Waals surface area contributed by atoms with Crippen LogP contribution in [0.25, 0.3) is 0 Å². The van der Waals surface area contributed by atoms with Crippen LogP contribution in [0.5, 0.6) is 5.75 Å². The van der Waals surface area contributed by atoms with E-state index in [0.29, 0.717) is 24.4 Å². The van der Waals surface area contributed by atoms with Crippen LogP contribution in [-0.4, -0.2) is 41.6 Å². The average Bonchev–Trinajstić information content (AvgIpc) is 3.18. The lowest BCUT2D eigenvalue weighted by molar-refractivity contribution is -0.124. The zero-order valence-electron chi connectivity index (χ0n) is 20.2. The number of nitrogens with two attached hydrogens (primary N) is 1. The predicted molar refractivity (Wildman–Crippen MR) is 131 cm³/mol. The van der Waals surface area contributed by atoms with E-state index in [-0.39, 0.29) is 48.7 Å². The molecular formula is C24H33N5O5. The lowest BCUT2D eigenvalue weighted by atomic mass is 10.1. The molecule has 0 saturated carbocycles. The molecule has 10 heteroatoms. The summed E-state index contributed by atoms with van der Waals surface area (Å²) in [5.74, 6) is -0.750. The number of nitrogens with one attached hydrogen (secondary N) is 1. The number of aromatic nitrogens is 2. The molecule has 1 unspecified atom stereocenters. The number of aromatic amines is 1. The average molecular weight is 472 g/mol. The predicted octanol–water partition coefficient (Wildman–Crippen LogP) is 1.97. The first-order chi connectivity index (χ1) is 16.2. The maximum atomic E-state index is 13.7. The van der Waals surface area contributed by atoms with Crippen molar-refractivity contribution in [3.8, 4) is 5.75 Å². The van der Waals surface area contributed by atoms with Crippen LogP contribution in [0.2, 0.25) is 0 Å². The van der Waals surface area contributed by atoms with Crippen LogP contribution >= 0.6 is 0 Å². The molecule has 1 aromatic heterocycles. The summed E-state index contributed by atoms with van der Waals surface area (Å²) in [7, 11) is 1.52. The smallest absolute Gasteiger partial charge is 0.330 e. The van der Waals surface area contributed by atoms with E-state index < -0.39 is 17.2 Å². The molecule has 1 atom stereocenters. The molecule has 1 aliphatic rings. The highest BCUT2D eigenvalue weighted by Crippen LogP contribution is 2.34. The second kappa shape index (κ2) is 10.6.